The van der Waals surface area contributed by atoms with Gasteiger partial charge in [-0.25, -0.2) is 13.9 Å². The third-order valence-electron chi connectivity index (χ3n) is 5.34. The number of aliphatic hydroxyl groups is 1. The van der Waals surface area contributed by atoms with Gasteiger partial charge in [-0.15, -0.1) is 0 Å². The Morgan fingerprint density at radius 2 is 1.80 bits per heavy atom. The zero-order chi connectivity index (χ0) is 22.6. The van der Waals surface area contributed by atoms with Gasteiger partial charge < -0.3 is 14.9 Å². The number of carbonyl (C=O) groups excluding carboxylic acids is 2. The summed E-state index contributed by atoms with van der Waals surface area (Å²) in [5.74, 6) is -2.18. The summed E-state index contributed by atoms with van der Waals surface area (Å²) in [6, 6.07) is 6.44. The highest BCUT2D eigenvalue weighted by Crippen LogP contribution is 2.25. The van der Waals surface area contributed by atoms with Crippen molar-refractivity contribution in [1.82, 2.24) is 10.4 Å². The van der Waals surface area contributed by atoms with Gasteiger partial charge in [-0.2, -0.15) is 0 Å². The SMILES string of the molecule is CC(C)C[C@H](C(=O)N1CCN(c2ccc(S(C)(=O)=O)cc2)CC1C)[C@H](O)C(=O)NO. The molecule has 0 aromatic heterocycles. The van der Waals surface area contributed by atoms with E-state index < -0.39 is 27.8 Å². The quantitative estimate of drug-likeness (QED) is 0.419. The van der Waals surface area contributed by atoms with E-state index in [1.54, 1.807) is 29.2 Å². The largest absolute Gasteiger partial charge is 0.382 e. The summed E-state index contributed by atoms with van der Waals surface area (Å²) in [6.45, 7) is 7.14. The Morgan fingerprint density at radius 1 is 1.20 bits per heavy atom. The molecule has 0 radical (unpaired) electrons. The maximum absolute atomic E-state index is 13.1. The minimum atomic E-state index is -3.26. The maximum atomic E-state index is 13.1. The number of anilines is 1. The Balaban J connectivity index is 2.12. The molecule has 168 valence electrons. The van der Waals surface area contributed by atoms with Crippen molar-refractivity contribution in [2.24, 2.45) is 11.8 Å². The van der Waals surface area contributed by atoms with Crippen LogP contribution in [0.3, 0.4) is 0 Å². The van der Waals surface area contributed by atoms with Crippen LogP contribution in [-0.4, -0.2) is 73.5 Å². The first-order chi connectivity index (χ1) is 14.0. The van der Waals surface area contributed by atoms with Crippen molar-refractivity contribution >= 4 is 27.3 Å². The molecule has 1 aliphatic heterocycles. The van der Waals surface area contributed by atoms with Crippen LogP contribution in [0, 0.1) is 11.8 Å². The van der Waals surface area contributed by atoms with Crippen LogP contribution in [-0.2, 0) is 19.4 Å². The molecule has 1 aromatic rings. The standard InChI is InChI=1S/C20H31N3O6S/c1-13(2)11-17(18(24)19(25)21-27)20(26)23-10-9-22(12-14(23)3)15-5-7-16(8-6-15)30(4,28)29/h5-8,13-14,17-18,24,27H,9-12H2,1-4H3,(H,21,25)/t14?,17-,18-/m0/s1. The van der Waals surface area contributed by atoms with Gasteiger partial charge in [-0.05, 0) is 43.5 Å². The van der Waals surface area contributed by atoms with Gasteiger partial charge in [0, 0.05) is 37.6 Å². The number of nitrogens with one attached hydrogen (secondary N) is 1. The monoisotopic (exact) mass is 441 g/mol. The molecule has 1 aromatic carbocycles. The molecule has 30 heavy (non-hydrogen) atoms. The molecule has 3 N–H and O–H groups in total. The molecular weight excluding hydrogens is 410 g/mol. The first kappa shape index (κ1) is 24.1. The fourth-order valence-corrected chi connectivity index (χ4v) is 4.39. The van der Waals surface area contributed by atoms with E-state index in [0.29, 0.717) is 26.1 Å². The van der Waals surface area contributed by atoms with Crippen molar-refractivity contribution in [3.05, 3.63) is 24.3 Å². The average molecular weight is 442 g/mol. The molecule has 1 saturated heterocycles. The van der Waals surface area contributed by atoms with Gasteiger partial charge in [-0.1, -0.05) is 13.8 Å². The van der Waals surface area contributed by atoms with Crippen molar-refractivity contribution in [1.29, 1.82) is 0 Å². The summed E-state index contributed by atoms with van der Waals surface area (Å²) in [5.41, 5.74) is 2.28. The lowest BCUT2D eigenvalue weighted by atomic mass is 9.89. The number of hydroxylamine groups is 1. The van der Waals surface area contributed by atoms with Crippen LogP contribution in [0.4, 0.5) is 5.69 Å². The van der Waals surface area contributed by atoms with Gasteiger partial charge in [0.25, 0.3) is 5.91 Å². The van der Waals surface area contributed by atoms with Crippen LogP contribution in [0.1, 0.15) is 27.2 Å². The van der Waals surface area contributed by atoms with Gasteiger partial charge in [0.15, 0.2) is 9.84 Å². The van der Waals surface area contributed by atoms with Crippen molar-refractivity contribution in [3.8, 4) is 0 Å². The van der Waals surface area contributed by atoms with E-state index in [4.69, 9.17) is 5.21 Å². The van der Waals surface area contributed by atoms with Gasteiger partial charge >= 0.3 is 0 Å². The minimum Gasteiger partial charge on any atom is -0.382 e. The van der Waals surface area contributed by atoms with Crippen LogP contribution < -0.4 is 10.4 Å². The molecule has 0 bridgehead atoms. The van der Waals surface area contributed by atoms with E-state index in [-0.39, 0.29) is 22.8 Å². The smallest absolute Gasteiger partial charge is 0.272 e. The summed E-state index contributed by atoms with van der Waals surface area (Å²) < 4.78 is 23.3. The molecule has 2 rings (SSSR count). The van der Waals surface area contributed by atoms with Crippen LogP contribution >= 0.6 is 0 Å². The predicted octanol–water partition coefficient (Wildman–Crippen LogP) is 0.656. The second-order valence-corrected chi connectivity index (χ2v) is 10.3. The van der Waals surface area contributed by atoms with Crippen molar-refractivity contribution in [2.75, 3.05) is 30.8 Å². The lowest BCUT2D eigenvalue weighted by Crippen LogP contribution is -2.57. The molecule has 1 fully saturated rings. The second kappa shape index (κ2) is 9.76. The number of hydrogen-bond donors (Lipinski definition) is 3. The number of aliphatic hydroxyl groups excluding tert-OH is 1. The first-order valence-corrected chi connectivity index (χ1v) is 11.8. The molecule has 9 nitrogen and oxygen atoms in total. The van der Waals surface area contributed by atoms with Crippen LogP contribution in [0.5, 0.6) is 0 Å². The summed E-state index contributed by atoms with van der Waals surface area (Å²) >= 11 is 0. The molecule has 3 atom stereocenters. The van der Waals surface area contributed by atoms with Crippen molar-refractivity contribution in [3.63, 3.8) is 0 Å². The number of rotatable bonds is 7. The van der Waals surface area contributed by atoms with Crippen LogP contribution in [0.15, 0.2) is 29.2 Å². The zero-order valence-corrected chi connectivity index (χ0v) is 18.6. The van der Waals surface area contributed by atoms with E-state index in [2.05, 4.69) is 4.90 Å². The molecule has 0 saturated carbocycles. The number of sulfone groups is 1. The second-order valence-electron chi connectivity index (χ2n) is 8.25. The topological polar surface area (TPSA) is 127 Å². The third-order valence-corrected chi connectivity index (χ3v) is 6.47. The fourth-order valence-electron chi connectivity index (χ4n) is 3.76. The third kappa shape index (κ3) is 5.71. The number of piperazine rings is 1. The average Bonchev–Trinajstić information content (AvgIpc) is 2.69. The molecule has 0 spiro atoms. The van der Waals surface area contributed by atoms with Gasteiger partial charge in [0.2, 0.25) is 5.91 Å². The van der Waals surface area contributed by atoms with E-state index in [9.17, 15) is 23.1 Å². The van der Waals surface area contributed by atoms with E-state index in [0.717, 1.165) is 11.9 Å². The number of benzene rings is 1. The predicted molar refractivity (Wildman–Crippen MR) is 112 cm³/mol. The molecule has 2 amide bonds. The number of nitrogens with zero attached hydrogens (tertiary/aromatic N) is 2. The summed E-state index contributed by atoms with van der Waals surface area (Å²) in [6.07, 6.45) is -0.153. The highest BCUT2D eigenvalue weighted by molar-refractivity contribution is 7.90. The Labute approximate surface area is 177 Å². The lowest BCUT2D eigenvalue weighted by Gasteiger charge is -2.42. The Morgan fingerprint density at radius 3 is 2.27 bits per heavy atom. The maximum Gasteiger partial charge on any atom is 0.272 e. The molecule has 1 heterocycles. The van der Waals surface area contributed by atoms with Gasteiger partial charge in [0.05, 0.1) is 10.8 Å². The zero-order valence-electron chi connectivity index (χ0n) is 17.8. The van der Waals surface area contributed by atoms with Gasteiger partial charge in [-0.3, -0.25) is 14.8 Å². The molecular formula is C20H31N3O6S. The number of amides is 2. The van der Waals surface area contributed by atoms with Gasteiger partial charge in [0.1, 0.15) is 6.10 Å². The lowest BCUT2D eigenvalue weighted by molar-refractivity contribution is -0.152. The molecule has 1 aliphatic rings. The van der Waals surface area contributed by atoms with Crippen LogP contribution in [0.25, 0.3) is 0 Å². The van der Waals surface area contributed by atoms with E-state index >= 15 is 0 Å². The first-order valence-electron chi connectivity index (χ1n) is 9.93. The fraction of sp³-hybridized carbons (Fsp3) is 0.600. The molecule has 0 aliphatic carbocycles. The van der Waals surface area contributed by atoms with E-state index in [1.165, 1.54) is 5.48 Å². The highest BCUT2D eigenvalue weighted by atomic mass is 32.2. The number of hydrogen-bond acceptors (Lipinski definition) is 7. The van der Waals surface area contributed by atoms with Crippen molar-refractivity contribution in [2.45, 2.75) is 44.2 Å². The Hall–Kier alpha value is -2.17. The summed E-state index contributed by atoms with van der Waals surface area (Å²) in [7, 11) is -3.26. The summed E-state index contributed by atoms with van der Waals surface area (Å²) in [4.78, 5) is 28.8. The molecule has 10 heteroatoms. The minimum absolute atomic E-state index is 0.0741. The molecule has 1 unspecified atom stereocenters. The number of carbonyl (C=O) groups is 2. The Kier molecular flexibility index (Phi) is 7.84. The van der Waals surface area contributed by atoms with Crippen LogP contribution in [0.2, 0.25) is 0 Å². The summed E-state index contributed by atoms with van der Waals surface area (Å²) in [5, 5.41) is 19.1. The highest BCUT2D eigenvalue weighted by Gasteiger charge is 2.38. The van der Waals surface area contributed by atoms with E-state index in [1.807, 2.05) is 20.8 Å². The van der Waals surface area contributed by atoms with Crippen molar-refractivity contribution < 1.29 is 28.3 Å². The Bertz CT molecular complexity index is 856. The normalized spacial score (nSPS) is 19.5.